The monoisotopic (exact) mass is 408 g/mol. The quantitative estimate of drug-likeness (QED) is 0.315. The van der Waals surface area contributed by atoms with Crippen LogP contribution in [0.25, 0.3) is 11.1 Å². The Balaban J connectivity index is 0.000000397. The average molecular weight is 409 g/mol. The summed E-state index contributed by atoms with van der Waals surface area (Å²) in [6, 6.07) is 21.5. The topological polar surface area (TPSA) is 57.2 Å². The molecule has 21 heavy (non-hydrogen) atoms. The number of hydrogen-bond acceptors (Lipinski definition) is 3. The number of halogens is 3. The first-order valence-electron chi connectivity index (χ1n) is 5.26. The van der Waals surface area contributed by atoms with Crippen LogP contribution in [0.5, 0.6) is 0 Å². The van der Waals surface area contributed by atoms with E-state index in [-0.39, 0.29) is 20.4 Å². The maximum absolute atomic E-state index is 10.7. The van der Waals surface area contributed by atoms with E-state index in [0.29, 0.717) is 0 Å². The molecular weight excluding hydrogens is 400 g/mol. The minimum Gasteiger partial charge on any atom is -0.741 e. The fraction of sp³-hybridized carbons (Fsp3) is 0.0769. The smallest absolute Gasteiger partial charge is 0.741 e. The predicted molar refractivity (Wildman–Crippen MR) is 66.5 cm³/mol. The van der Waals surface area contributed by atoms with Gasteiger partial charge in [-0.25, -0.2) is 8.42 Å². The second kappa shape index (κ2) is 8.30. The molecule has 8 heteroatoms. The molecule has 0 aliphatic carbocycles. The summed E-state index contributed by atoms with van der Waals surface area (Å²) in [5.74, 6) is 0. The van der Waals surface area contributed by atoms with Gasteiger partial charge in [0.15, 0.2) is 10.1 Å². The van der Waals surface area contributed by atoms with Gasteiger partial charge < -0.3 is 4.55 Å². The Morgan fingerprint density at radius 1 is 0.952 bits per heavy atom. The molecule has 0 saturated carbocycles. The van der Waals surface area contributed by atoms with Crippen molar-refractivity contribution in [3.05, 3.63) is 60.7 Å². The van der Waals surface area contributed by atoms with Gasteiger partial charge in [0.05, 0.1) is 0 Å². The first kappa shape index (κ1) is 19.8. The first-order chi connectivity index (χ1) is 9.22. The van der Waals surface area contributed by atoms with Gasteiger partial charge >= 0.3 is 25.9 Å². The fourth-order valence-corrected chi connectivity index (χ4v) is 1.19. The van der Waals surface area contributed by atoms with Gasteiger partial charge in [0.2, 0.25) is 0 Å². The zero-order valence-corrected chi connectivity index (χ0v) is 12.7. The largest absolute Gasteiger partial charge is 2.00 e. The second-order valence-electron chi connectivity index (χ2n) is 3.54. The second-order valence-corrected chi connectivity index (χ2v) is 4.91. The average Bonchev–Trinajstić information content (AvgIpc) is 2.39. The van der Waals surface area contributed by atoms with Crippen LogP contribution in [0.1, 0.15) is 0 Å². The van der Waals surface area contributed by atoms with Crippen molar-refractivity contribution in [3.8, 4) is 11.1 Å². The van der Waals surface area contributed by atoms with Gasteiger partial charge in [-0.3, -0.25) is 0 Å². The third-order valence-electron chi connectivity index (χ3n) is 2.08. The summed E-state index contributed by atoms with van der Waals surface area (Å²) in [5, 5.41) is 0. The van der Waals surface area contributed by atoms with E-state index in [1.54, 1.807) is 0 Å². The van der Waals surface area contributed by atoms with Crippen molar-refractivity contribution in [1.82, 2.24) is 0 Å². The van der Waals surface area contributed by atoms with Gasteiger partial charge in [-0.15, -0.1) is 35.9 Å². The maximum Gasteiger partial charge on any atom is 2.00 e. The number of alkyl halides is 3. The van der Waals surface area contributed by atoms with Crippen molar-refractivity contribution in [1.29, 1.82) is 0 Å². The Hall–Kier alpha value is -1.20. The molecule has 0 unspecified atom stereocenters. The van der Waals surface area contributed by atoms with E-state index in [4.69, 9.17) is 13.0 Å². The van der Waals surface area contributed by atoms with Crippen molar-refractivity contribution in [2.75, 3.05) is 0 Å². The molecule has 0 bridgehead atoms. The van der Waals surface area contributed by atoms with E-state index in [2.05, 4.69) is 24.3 Å². The Morgan fingerprint density at radius 3 is 1.81 bits per heavy atom. The molecule has 0 aliphatic rings. The summed E-state index contributed by atoms with van der Waals surface area (Å²) in [7, 11) is -6.09. The Morgan fingerprint density at radius 2 is 1.43 bits per heavy atom. The van der Waals surface area contributed by atoms with Crippen LogP contribution in [0, 0.1) is 6.07 Å². The summed E-state index contributed by atoms with van der Waals surface area (Å²) >= 11 is 0. The Labute approximate surface area is 134 Å². The molecule has 0 saturated heterocycles. The summed E-state index contributed by atoms with van der Waals surface area (Å²) in [6.45, 7) is 0. The molecule has 0 aliphatic heterocycles. The number of rotatable bonds is 1. The molecule has 0 amide bonds. The maximum atomic E-state index is 10.7. The van der Waals surface area contributed by atoms with E-state index in [1.165, 1.54) is 5.56 Å². The third kappa shape index (κ3) is 6.87. The molecule has 3 nitrogen and oxygen atoms in total. The first-order valence-corrected chi connectivity index (χ1v) is 6.67. The molecule has 116 valence electrons. The van der Waals surface area contributed by atoms with Gasteiger partial charge in [0.1, 0.15) is 0 Å². The van der Waals surface area contributed by atoms with Crippen molar-refractivity contribution < 1.29 is 46.6 Å². The zero-order valence-electron chi connectivity index (χ0n) is 10.3. The molecule has 0 atom stereocenters. The van der Waals surface area contributed by atoms with Crippen molar-refractivity contribution in [2.45, 2.75) is 5.51 Å². The van der Waals surface area contributed by atoms with E-state index in [1.807, 2.05) is 36.4 Å². The minimum absolute atomic E-state index is 0. The molecule has 0 aromatic heterocycles. The molecular formula is C13H9F3O3PdS. The molecule has 0 radical (unpaired) electrons. The van der Waals surface area contributed by atoms with Crippen LogP contribution in [0.15, 0.2) is 54.6 Å². The number of hydrogen-bond donors (Lipinski definition) is 0. The van der Waals surface area contributed by atoms with Gasteiger partial charge in [0.25, 0.3) is 0 Å². The summed E-state index contributed by atoms with van der Waals surface area (Å²) in [6.07, 6.45) is 0. The van der Waals surface area contributed by atoms with E-state index in [9.17, 15) is 13.2 Å². The Bertz CT molecular complexity index is 591. The van der Waals surface area contributed by atoms with Crippen molar-refractivity contribution >= 4 is 10.1 Å². The van der Waals surface area contributed by atoms with Crippen molar-refractivity contribution in [2.24, 2.45) is 0 Å². The van der Waals surface area contributed by atoms with Crippen LogP contribution in [-0.4, -0.2) is 18.5 Å². The van der Waals surface area contributed by atoms with Crippen LogP contribution in [0.2, 0.25) is 0 Å². The van der Waals surface area contributed by atoms with Crippen LogP contribution in [0.3, 0.4) is 0 Å². The third-order valence-corrected chi connectivity index (χ3v) is 2.64. The molecule has 2 rings (SSSR count). The fourth-order valence-electron chi connectivity index (χ4n) is 1.19. The molecule has 0 N–H and O–H groups in total. The Kier molecular flexibility index (Phi) is 7.82. The summed E-state index contributed by atoms with van der Waals surface area (Å²) < 4.78 is 58.9. The summed E-state index contributed by atoms with van der Waals surface area (Å²) in [5.41, 5.74) is -3.27. The SMILES string of the molecule is O=S(=O)([O-])C(F)(F)F.[Pd+2].[c-]1ccccc1-c1ccccc1. The minimum atomic E-state index is -6.09. The van der Waals surface area contributed by atoms with Crippen LogP contribution in [0.4, 0.5) is 13.2 Å². The molecule has 0 heterocycles. The predicted octanol–water partition coefficient (Wildman–Crippen LogP) is 3.20. The van der Waals surface area contributed by atoms with E-state index < -0.39 is 15.6 Å². The van der Waals surface area contributed by atoms with Gasteiger partial charge in [-0.2, -0.15) is 13.2 Å². The van der Waals surface area contributed by atoms with Crippen LogP contribution in [-0.2, 0) is 30.5 Å². The standard InChI is InChI=1S/C12H9.CHF3O3S.Pd/c1-3-7-11(8-4-1)12-9-5-2-6-10-12;2-1(3,4)8(5,6)7;/h1-9H;(H,5,6,7);/q-1;;+2/p-1. The van der Waals surface area contributed by atoms with E-state index >= 15 is 0 Å². The zero-order chi connectivity index (χ0) is 15.2. The van der Waals surface area contributed by atoms with Crippen molar-refractivity contribution in [3.63, 3.8) is 0 Å². The summed E-state index contributed by atoms with van der Waals surface area (Å²) in [4.78, 5) is 0. The normalized spacial score (nSPS) is 10.9. The van der Waals surface area contributed by atoms with Gasteiger partial charge in [-0.05, 0) is 0 Å². The molecule has 2 aromatic carbocycles. The number of benzene rings is 2. The van der Waals surface area contributed by atoms with Gasteiger partial charge in [0, 0.05) is 0 Å². The van der Waals surface area contributed by atoms with Crippen LogP contribution < -0.4 is 0 Å². The van der Waals surface area contributed by atoms with Gasteiger partial charge in [-0.1, -0.05) is 35.9 Å². The van der Waals surface area contributed by atoms with E-state index in [0.717, 1.165) is 5.56 Å². The molecule has 2 aromatic rings. The molecule has 0 spiro atoms. The molecule has 0 fully saturated rings. The van der Waals surface area contributed by atoms with Crippen LogP contribution >= 0.6 is 0 Å².